The van der Waals surface area contributed by atoms with Gasteiger partial charge in [-0.15, -0.1) is 0 Å². The Bertz CT molecular complexity index is 669. The number of aryl methyl sites for hydroxylation is 1. The van der Waals surface area contributed by atoms with Crippen molar-refractivity contribution in [1.82, 2.24) is 20.0 Å². The average Bonchev–Trinajstić information content (AvgIpc) is 3.12. The highest BCUT2D eigenvalue weighted by molar-refractivity contribution is 5.78. The minimum absolute atomic E-state index is 0.0868. The lowest BCUT2D eigenvalue weighted by Gasteiger charge is -2.30. The van der Waals surface area contributed by atoms with Crippen molar-refractivity contribution in [2.45, 2.75) is 19.3 Å². The van der Waals surface area contributed by atoms with Gasteiger partial charge in [0.15, 0.2) is 0 Å². The molecule has 0 bridgehead atoms. The van der Waals surface area contributed by atoms with Crippen LogP contribution in [0.15, 0.2) is 17.1 Å². The van der Waals surface area contributed by atoms with E-state index in [-0.39, 0.29) is 24.0 Å². The fraction of sp³-hybridized carbons (Fsp3) is 0.722. The van der Waals surface area contributed by atoms with E-state index < -0.39 is 0 Å². The maximum Gasteiger partial charge on any atom is 0.268 e. The zero-order chi connectivity index (χ0) is 18.5. The minimum atomic E-state index is -0.105. The first-order valence-electron chi connectivity index (χ1n) is 9.46. The van der Waals surface area contributed by atoms with Gasteiger partial charge in [-0.2, -0.15) is 5.10 Å². The van der Waals surface area contributed by atoms with Crippen LogP contribution in [0.2, 0.25) is 0 Å². The second-order valence-corrected chi connectivity index (χ2v) is 7.36. The number of hydrogen-bond donors (Lipinski definition) is 2. The lowest BCUT2D eigenvalue weighted by atomic mass is 9.95. The number of nitrogens with zero attached hydrogens (tertiary/aromatic N) is 4. The standard InChI is InChI=1S/C18H29N5O3/c1-21-17(25)10-16(12-20-21)23-7-2-14(13-23)11-19-18(26)15-3-5-22(6-4-15)8-9-24/h10,12,14-15,24H,2-9,11,13H2,1H3,(H,19,26)/t14-/m1/s1. The summed E-state index contributed by atoms with van der Waals surface area (Å²) in [5, 5.41) is 16.2. The van der Waals surface area contributed by atoms with E-state index in [4.69, 9.17) is 5.11 Å². The maximum atomic E-state index is 12.4. The van der Waals surface area contributed by atoms with Gasteiger partial charge in [0.25, 0.3) is 5.56 Å². The summed E-state index contributed by atoms with van der Waals surface area (Å²) in [4.78, 5) is 28.5. The molecule has 0 saturated carbocycles. The zero-order valence-electron chi connectivity index (χ0n) is 15.4. The second-order valence-electron chi connectivity index (χ2n) is 7.36. The van der Waals surface area contributed by atoms with Crippen LogP contribution >= 0.6 is 0 Å². The molecule has 1 amide bonds. The molecule has 2 aliphatic heterocycles. The van der Waals surface area contributed by atoms with Crippen molar-refractivity contribution in [2.75, 3.05) is 50.8 Å². The number of carbonyl (C=O) groups excluding carboxylic acids is 1. The minimum Gasteiger partial charge on any atom is -0.395 e. The molecule has 0 aromatic carbocycles. The molecule has 3 rings (SSSR count). The van der Waals surface area contributed by atoms with E-state index in [2.05, 4.69) is 20.2 Å². The van der Waals surface area contributed by atoms with E-state index >= 15 is 0 Å². The molecular formula is C18H29N5O3. The van der Waals surface area contributed by atoms with Crippen LogP contribution in [-0.2, 0) is 11.8 Å². The summed E-state index contributed by atoms with van der Waals surface area (Å²) < 4.78 is 1.32. The third kappa shape index (κ3) is 4.62. The Morgan fingerprint density at radius 3 is 2.77 bits per heavy atom. The third-order valence-corrected chi connectivity index (χ3v) is 5.54. The Morgan fingerprint density at radius 2 is 2.08 bits per heavy atom. The molecule has 2 saturated heterocycles. The van der Waals surface area contributed by atoms with E-state index in [1.54, 1.807) is 19.3 Å². The first-order valence-corrected chi connectivity index (χ1v) is 9.46. The summed E-state index contributed by atoms with van der Waals surface area (Å²) >= 11 is 0. The first-order chi connectivity index (χ1) is 12.6. The number of amides is 1. The maximum absolute atomic E-state index is 12.4. The lowest BCUT2D eigenvalue weighted by Crippen LogP contribution is -2.42. The van der Waals surface area contributed by atoms with Crippen LogP contribution in [0.25, 0.3) is 0 Å². The van der Waals surface area contributed by atoms with Gasteiger partial charge >= 0.3 is 0 Å². The molecule has 0 spiro atoms. The van der Waals surface area contributed by atoms with E-state index in [0.29, 0.717) is 19.0 Å². The summed E-state index contributed by atoms with van der Waals surface area (Å²) in [6.07, 6.45) is 4.45. The van der Waals surface area contributed by atoms with Crippen LogP contribution in [0.4, 0.5) is 5.69 Å². The number of piperidine rings is 1. The molecule has 2 fully saturated rings. The highest BCUT2D eigenvalue weighted by atomic mass is 16.3. The number of carbonyl (C=O) groups is 1. The molecular weight excluding hydrogens is 334 g/mol. The van der Waals surface area contributed by atoms with E-state index in [1.165, 1.54) is 4.68 Å². The summed E-state index contributed by atoms with van der Waals surface area (Å²) in [6.45, 7) is 5.04. The summed E-state index contributed by atoms with van der Waals surface area (Å²) in [5.41, 5.74) is 0.755. The number of anilines is 1. The fourth-order valence-electron chi connectivity index (χ4n) is 3.82. The van der Waals surface area contributed by atoms with Gasteiger partial charge in [0.2, 0.25) is 5.91 Å². The Morgan fingerprint density at radius 1 is 1.31 bits per heavy atom. The molecule has 2 aliphatic rings. The van der Waals surface area contributed by atoms with Gasteiger partial charge in [-0.1, -0.05) is 0 Å². The summed E-state index contributed by atoms with van der Waals surface area (Å²) in [5.74, 6) is 0.642. The van der Waals surface area contributed by atoms with Gasteiger partial charge in [-0.25, -0.2) is 4.68 Å². The quantitative estimate of drug-likeness (QED) is 0.703. The molecule has 144 valence electrons. The molecule has 8 heteroatoms. The van der Waals surface area contributed by atoms with Crippen LogP contribution in [-0.4, -0.2) is 71.6 Å². The number of likely N-dealkylation sites (tertiary alicyclic amines) is 1. The van der Waals surface area contributed by atoms with Crippen molar-refractivity contribution >= 4 is 11.6 Å². The van der Waals surface area contributed by atoms with Gasteiger partial charge in [-0.05, 0) is 38.3 Å². The highest BCUT2D eigenvalue weighted by Gasteiger charge is 2.27. The van der Waals surface area contributed by atoms with Crippen molar-refractivity contribution in [3.63, 3.8) is 0 Å². The normalized spacial score (nSPS) is 21.9. The Hall–Kier alpha value is -1.93. The summed E-state index contributed by atoms with van der Waals surface area (Å²) in [7, 11) is 1.64. The molecule has 26 heavy (non-hydrogen) atoms. The van der Waals surface area contributed by atoms with Gasteiger partial charge in [0.05, 0.1) is 18.5 Å². The number of β-amino-alcohol motifs (C(OH)–C–C–N with tert-alkyl or cyclic N) is 1. The zero-order valence-corrected chi connectivity index (χ0v) is 15.4. The van der Waals surface area contributed by atoms with Crippen molar-refractivity contribution in [3.8, 4) is 0 Å². The number of hydrogen-bond acceptors (Lipinski definition) is 6. The predicted octanol–water partition coefficient (Wildman–Crippen LogP) is -0.573. The van der Waals surface area contributed by atoms with Crippen LogP contribution < -0.4 is 15.8 Å². The molecule has 8 nitrogen and oxygen atoms in total. The van der Waals surface area contributed by atoms with E-state index in [0.717, 1.165) is 51.1 Å². The Labute approximate surface area is 153 Å². The molecule has 2 N–H and O–H groups in total. The molecule has 3 heterocycles. The average molecular weight is 363 g/mol. The predicted molar refractivity (Wildman–Crippen MR) is 99.1 cm³/mol. The van der Waals surface area contributed by atoms with E-state index in [1.807, 2.05) is 0 Å². The van der Waals surface area contributed by atoms with Crippen LogP contribution in [0.3, 0.4) is 0 Å². The number of nitrogens with one attached hydrogen (secondary N) is 1. The van der Waals surface area contributed by atoms with Crippen molar-refractivity contribution in [2.24, 2.45) is 18.9 Å². The van der Waals surface area contributed by atoms with Crippen molar-refractivity contribution in [3.05, 3.63) is 22.6 Å². The molecule has 1 atom stereocenters. The smallest absolute Gasteiger partial charge is 0.268 e. The first kappa shape index (κ1) is 18.8. The number of aliphatic hydroxyl groups is 1. The highest BCUT2D eigenvalue weighted by Crippen LogP contribution is 2.22. The second kappa shape index (κ2) is 8.64. The SMILES string of the molecule is Cn1ncc(N2CC[C@H](CNC(=O)C3CCN(CCO)CC3)C2)cc1=O. The third-order valence-electron chi connectivity index (χ3n) is 5.54. The fourth-order valence-corrected chi connectivity index (χ4v) is 3.82. The number of aliphatic hydroxyl groups excluding tert-OH is 1. The van der Waals surface area contributed by atoms with Crippen molar-refractivity contribution in [1.29, 1.82) is 0 Å². The molecule has 0 aliphatic carbocycles. The summed E-state index contributed by atoms with van der Waals surface area (Å²) in [6, 6.07) is 1.62. The van der Waals surface area contributed by atoms with Gasteiger partial charge < -0.3 is 20.2 Å². The molecule has 1 aromatic rings. The number of aromatic nitrogens is 2. The largest absolute Gasteiger partial charge is 0.395 e. The topological polar surface area (TPSA) is 90.7 Å². The van der Waals surface area contributed by atoms with Gasteiger partial charge in [0.1, 0.15) is 0 Å². The van der Waals surface area contributed by atoms with E-state index in [9.17, 15) is 9.59 Å². The molecule has 1 aromatic heterocycles. The van der Waals surface area contributed by atoms with Gasteiger partial charge in [0, 0.05) is 45.2 Å². The Kier molecular flexibility index (Phi) is 6.26. The Balaban J connectivity index is 1.42. The van der Waals surface area contributed by atoms with Crippen LogP contribution in [0, 0.1) is 11.8 Å². The van der Waals surface area contributed by atoms with Gasteiger partial charge in [-0.3, -0.25) is 9.59 Å². The molecule has 0 radical (unpaired) electrons. The van der Waals surface area contributed by atoms with Crippen LogP contribution in [0.5, 0.6) is 0 Å². The van der Waals surface area contributed by atoms with Crippen molar-refractivity contribution < 1.29 is 9.90 Å². The number of rotatable bonds is 6. The monoisotopic (exact) mass is 363 g/mol. The van der Waals surface area contributed by atoms with Crippen LogP contribution in [0.1, 0.15) is 19.3 Å². The molecule has 0 unspecified atom stereocenters. The lowest BCUT2D eigenvalue weighted by molar-refractivity contribution is -0.126.